The van der Waals surface area contributed by atoms with E-state index in [4.69, 9.17) is 0 Å². The van der Waals surface area contributed by atoms with E-state index in [0.29, 0.717) is 6.04 Å². The molecule has 2 saturated carbocycles. The van der Waals surface area contributed by atoms with Gasteiger partial charge in [-0.05, 0) is 50.7 Å². The number of amides is 2. The van der Waals surface area contributed by atoms with Crippen LogP contribution in [0.25, 0.3) is 0 Å². The Morgan fingerprint density at radius 3 is 2.65 bits per heavy atom. The summed E-state index contributed by atoms with van der Waals surface area (Å²) < 4.78 is 0. The molecule has 0 bridgehead atoms. The average molecular weight is 300 g/mol. The molecule has 0 saturated heterocycles. The van der Waals surface area contributed by atoms with Crippen LogP contribution in [-0.2, 0) is 0 Å². The predicted molar refractivity (Wildman–Crippen MR) is 84.0 cm³/mol. The highest BCUT2D eigenvalue weighted by molar-refractivity contribution is 7.99. The summed E-state index contributed by atoms with van der Waals surface area (Å²) in [4.78, 5) is 12.0. The fraction of sp³-hybridized carbons (Fsp3) is 0.933. The quantitative estimate of drug-likeness (QED) is 0.706. The summed E-state index contributed by atoms with van der Waals surface area (Å²) >= 11 is 1.59. The van der Waals surface area contributed by atoms with Crippen LogP contribution in [-0.4, -0.2) is 41.3 Å². The number of urea groups is 1. The molecular formula is C15H28N2O2S. The van der Waals surface area contributed by atoms with Crippen molar-refractivity contribution in [2.45, 2.75) is 62.8 Å². The molecule has 116 valence electrons. The minimum atomic E-state index is -0.0774. The van der Waals surface area contributed by atoms with Crippen LogP contribution >= 0.6 is 11.8 Å². The molecule has 0 aliphatic heterocycles. The zero-order chi connectivity index (χ0) is 14.5. The van der Waals surface area contributed by atoms with E-state index in [0.717, 1.165) is 24.7 Å². The highest BCUT2D eigenvalue weighted by atomic mass is 32.2. The summed E-state index contributed by atoms with van der Waals surface area (Å²) in [5.74, 6) is 1.78. The normalized spacial score (nSPS) is 29.6. The van der Waals surface area contributed by atoms with Gasteiger partial charge in [0.05, 0.1) is 6.61 Å². The Kier molecular flexibility index (Phi) is 6.02. The summed E-state index contributed by atoms with van der Waals surface area (Å²) in [6.07, 6.45) is 9.60. The third-order valence-electron chi connectivity index (χ3n) is 4.74. The fourth-order valence-corrected chi connectivity index (χ4v) is 3.94. The van der Waals surface area contributed by atoms with E-state index < -0.39 is 0 Å². The molecule has 4 nitrogen and oxygen atoms in total. The van der Waals surface area contributed by atoms with Crippen LogP contribution < -0.4 is 10.6 Å². The largest absolute Gasteiger partial charge is 0.395 e. The van der Waals surface area contributed by atoms with Gasteiger partial charge in [-0.25, -0.2) is 4.79 Å². The molecule has 0 aromatic rings. The number of rotatable bonds is 6. The third kappa shape index (κ3) is 4.55. The smallest absolute Gasteiger partial charge is 0.315 e. The number of aliphatic hydroxyl groups is 1. The minimum Gasteiger partial charge on any atom is -0.395 e. The van der Waals surface area contributed by atoms with Crippen molar-refractivity contribution in [3.8, 4) is 0 Å². The molecule has 2 fully saturated rings. The molecule has 2 aliphatic rings. The van der Waals surface area contributed by atoms with Gasteiger partial charge in [-0.1, -0.05) is 12.8 Å². The molecule has 3 N–H and O–H groups in total. The zero-order valence-electron chi connectivity index (χ0n) is 12.6. The van der Waals surface area contributed by atoms with Crippen molar-refractivity contribution in [3.05, 3.63) is 0 Å². The standard InChI is InChI=1S/C15H28N2O2S/c1-10(14(9-18)20-2)16-15(19)17-13-5-3-4-12(8-13)11-6-7-11/h10-14,18H,3-9H2,1-2H3,(H2,16,17,19). The van der Waals surface area contributed by atoms with E-state index >= 15 is 0 Å². The molecule has 2 aliphatic carbocycles. The maximum absolute atomic E-state index is 12.0. The monoisotopic (exact) mass is 300 g/mol. The van der Waals surface area contributed by atoms with Crippen molar-refractivity contribution < 1.29 is 9.90 Å². The first kappa shape index (κ1) is 16.0. The lowest BCUT2D eigenvalue weighted by Gasteiger charge is -2.30. The van der Waals surface area contributed by atoms with E-state index in [1.54, 1.807) is 11.8 Å². The number of carbonyl (C=O) groups excluding carboxylic acids is 1. The van der Waals surface area contributed by atoms with Crippen molar-refractivity contribution >= 4 is 17.8 Å². The number of nitrogens with one attached hydrogen (secondary N) is 2. The SMILES string of the molecule is CSC(CO)C(C)NC(=O)NC1CCCC(C2CC2)C1. The van der Waals surface area contributed by atoms with Gasteiger partial charge in [0.2, 0.25) is 0 Å². The van der Waals surface area contributed by atoms with E-state index in [1.807, 2.05) is 13.2 Å². The predicted octanol–water partition coefficient (Wildman–Crippen LogP) is 2.37. The van der Waals surface area contributed by atoms with Gasteiger partial charge in [-0.2, -0.15) is 11.8 Å². The highest BCUT2D eigenvalue weighted by Crippen LogP contribution is 2.43. The van der Waals surface area contributed by atoms with Gasteiger partial charge in [-0.15, -0.1) is 0 Å². The number of carbonyl (C=O) groups is 1. The molecular weight excluding hydrogens is 272 g/mol. The third-order valence-corrected chi connectivity index (χ3v) is 5.90. The molecule has 0 spiro atoms. The van der Waals surface area contributed by atoms with Crippen LogP contribution in [0.15, 0.2) is 0 Å². The van der Waals surface area contributed by atoms with Gasteiger partial charge >= 0.3 is 6.03 Å². The Labute approximate surface area is 126 Å². The molecule has 0 heterocycles. The summed E-state index contributed by atoms with van der Waals surface area (Å²) in [7, 11) is 0. The summed E-state index contributed by atoms with van der Waals surface area (Å²) in [6.45, 7) is 2.04. The Bertz CT molecular complexity index is 319. The lowest BCUT2D eigenvalue weighted by Crippen LogP contribution is -2.50. The van der Waals surface area contributed by atoms with Crippen molar-refractivity contribution in [3.63, 3.8) is 0 Å². The molecule has 2 rings (SSSR count). The number of hydrogen-bond acceptors (Lipinski definition) is 3. The lowest BCUT2D eigenvalue weighted by molar-refractivity contribution is 0.215. The number of hydrogen-bond donors (Lipinski definition) is 3. The maximum atomic E-state index is 12.0. The Morgan fingerprint density at radius 1 is 1.30 bits per heavy atom. The second-order valence-corrected chi connectivity index (χ2v) is 7.40. The summed E-state index contributed by atoms with van der Waals surface area (Å²) in [5, 5.41) is 15.4. The van der Waals surface area contributed by atoms with Crippen LogP contribution in [0.1, 0.15) is 45.4 Å². The van der Waals surface area contributed by atoms with Crippen LogP contribution in [0.3, 0.4) is 0 Å². The van der Waals surface area contributed by atoms with E-state index in [2.05, 4.69) is 10.6 Å². The minimum absolute atomic E-state index is 0.0159. The van der Waals surface area contributed by atoms with E-state index in [1.165, 1.54) is 25.7 Å². The van der Waals surface area contributed by atoms with Gasteiger partial charge in [0.15, 0.2) is 0 Å². The van der Waals surface area contributed by atoms with Crippen LogP contribution in [0, 0.1) is 11.8 Å². The lowest BCUT2D eigenvalue weighted by atomic mass is 9.83. The van der Waals surface area contributed by atoms with E-state index in [-0.39, 0.29) is 23.9 Å². The number of aliphatic hydroxyl groups excluding tert-OH is 1. The second kappa shape index (κ2) is 7.55. The Hall–Kier alpha value is -0.420. The first-order valence-electron chi connectivity index (χ1n) is 7.84. The van der Waals surface area contributed by atoms with Gasteiger partial charge in [0.1, 0.15) is 0 Å². The molecule has 0 aromatic carbocycles. The number of thioether (sulfide) groups is 1. The van der Waals surface area contributed by atoms with Gasteiger partial charge < -0.3 is 15.7 Å². The fourth-order valence-electron chi connectivity index (χ4n) is 3.32. The van der Waals surface area contributed by atoms with E-state index in [9.17, 15) is 9.90 Å². The molecule has 0 aromatic heterocycles. The molecule has 0 radical (unpaired) electrons. The van der Waals surface area contributed by atoms with Crippen LogP contribution in [0.2, 0.25) is 0 Å². The summed E-state index contributed by atoms with van der Waals surface area (Å²) in [6, 6.07) is 0.243. The Morgan fingerprint density at radius 2 is 2.05 bits per heavy atom. The molecule has 20 heavy (non-hydrogen) atoms. The molecule has 5 heteroatoms. The summed E-state index contributed by atoms with van der Waals surface area (Å²) in [5.41, 5.74) is 0. The van der Waals surface area contributed by atoms with Crippen molar-refractivity contribution in [1.82, 2.24) is 10.6 Å². The molecule has 2 amide bonds. The maximum Gasteiger partial charge on any atom is 0.315 e. The topological polar surface area (TPSA) is 61.4 Å². The average Bonchev–Trinajstić information content (AvgIpc) is 3.24. The Balaban J connectivity index is 1.73. The van der Waals surface area contributed by atoms with Crippen molar-refractivity contribution in [2.24, 2.45) is 11.8 Å². The van der Waals surface area contributed by atoms with Crippen molar-refractivity contribution in [2.75, 3.05) is 12.9 Å². The highest BCUT2D eigenvalue weighted by Gasteiger charge is 2.35. The molecule has 4 atom stereocenters. The van der Waals surface area contributed by atoms with Gasteiger partial charge in [0, 0.05) is 17.3 Å². The van der Waals surface area contributed by atoms with Gasteiger partial charge in [-0.3, -0.25) is 0 Å². The van der Waals surface area contributed by atoms with Crippen LogP contribution in [0.4, 0.5) is 4.79 Å². The first-order chi connectivity index (χ1) is 9.63. The second-order valence-electron chi connectivity index (χ2n) is 6.32. The molecule has 4 unspecified atom stereocenters. The zero-order valence-corrected chi connectivity index (χ0v) is 13.4. The van der Waals surface area contributed by atoms with Crippen LogP contribution in [0.5, 0.6) is 0 Å². The van der Waals surface area contributed by atoms with Crippen molar-refractivity contribution in [1.29, 1.82) is 0 Å². The van der Waals surface area contributed by atoms with Gasteiger partial charge in [0.25, 0.3) is 0 Å². The first-order valence-corrected chi connectivity index (χ1v) is 9.13.